The molecule has 0 aliphatic carbocycles. The van der Waals surface area contributed by atoms with E-state index in [1.54, 1.807) is 0 Å². The minimum absolute atomic E-state index is 0.0673. The maximum absolute atomic E-state index is 11.7. The molecule has 0 aliphatic rings. The second kappa shape index (κ2) is 6.93. The van der Waals surface area contributed by atoms with Crippen LogP contribution in [0.15, 0.2) is 46.2 Å². The van der Waals surface area contributed by atoms with Gasteiger partial charge in [0.25, 0.3) is 0 Å². The first-order valence-electron chi connectivity index (χ1n) is 5.63. The summed E-state index contributed by atoms with van der Waals surface area (Å²) in [5.74, 6) is 0. The third kappa shape index (κ3) is 4.42. The molecule has 132 valence electrons. The van der Waals surface area contributed by atoms with E-state index < -0.39 is 52.7 Å². The summed E-state index contributed by atoms with van der Waals surface area (Å²) in [6, 6.07) is 6.60. The van der Waals surface area contributed by atoms with Crippen LogP contribution in [-0.4, -0.2) is 34.4 Å². The fourth-order valence-corrected chi connectivity index (χ4v) is 4.55. The first-order valence-corrected chi connectivity index (χ1v) is 10.5. The van der Waals surface area contributed by atoms with Crippen LogP contribution >= 0.6 is 0 Å². The van der Waals surface area contributed by atoms with Crippen molar-refractivity contribution in [3.8, 4) is 0 Å². The van der Waals surface area contributed by atoms with E-state index >= 15 is 0 Å². The fourth-order valence-electron chi connectivity index (χ4n) is 1.74. The van der Waals surface area contributed by atoms with Crippen molar-refractivity contribution < 1.29 is 41.6 Å². The Bertz CT molecular complexity index is 960. The molecule has 10 nitrogen and oxygen atoms in total. The summed E-state index contributed by atoms with van der Waals surface area (Å²) in [6.45, 7) is 0. The zero-order valence-corrected chi connectivity index (χ0v) is 14.4. The highest BCUT2D eigenvalue weighted by Gasteiger charge is 2.19. The summed E-state index contributed by atoms with van der Waals surface area (Å²) in [5, 5.41) is 0.470. The van der Waals surface area contributed by atoms with Crippen LogP contribution in [0.25, 0.3) is 10.8 Å². The maximum atomic E-state index is 11.7. The number of rotatable bonds is 6. The summed E-state index contributed by atoms with van der Waals surface area (Å²) in [6.07, 6.45) is 0. The molecule has 2 rings (SSSR count). The van der Waals surface area contributed by atoms with Crippen LogP contribution < -0.4 is 0 Å². The number of fused-ring (bicyclic) bond motifs is 1. The molecule has 0 aromatic heterocycles. The van der Waals surface area contributed by atoms with E-state index in [0.717, 1.165) is 24.3 Å². The lowest BCUT2D eigenvalue weighted by molar-refractivity contribution is 0.426. The van der Waals surface area contributed by atoms with E-state index in [-0.39, 0.29) is 5.39 Å². The number of benzene rings is 2. The maximum Gasteiger partial charge on any atom is 0.308 e. The Kier molecular flexibility index (Phi) is 5.50. The van der Waals surface area contributed by atoms with Crippen LogP contribution in [0.4, 0.5) is 0 Å². The highest BCUT2D eigenvalue weighted by atomic mass is 32.3. The van der Waals surface area contributed by atoms with Gasteiger partial charge in [-0.3, -0.25) is 0 Å². The van der Waals surface area contributed by atoms with Gasteiger partial charge in [-0.1, -0.05) is 12.1 Å². The van der Waals surface area contributed by atoms with Crippen LogP contribution in [0, 0.1) is 0 Å². The predicted octanol–water partition coefficient (Wildman–Crippen LogP) is -0.161. The van der Waals surface area contributed by atoms with E-state index in [1.807, 2.05) is 0 Å². The molecule has 0 saturated carbocycles. The molecule has 0 heterocycles. The highest BCUT2D eigenvalue weighted by Crippen LogP contribution is 2.24. The third-order valence-corrected chi connectivity index (χ3v) is 6.64. The second-order valence-corrected chi connectivity index (χ2v) is 8.79. The van der Waals surface area contributed by atoms with E-state index in [9.17, 15) is 34.4 Å². The molecule has 0 spiro atoms. The molecule has 24 heavy (non-hydrogen) atoms. The normalized spacial score (nSPS) is 15.2. The van der Waals surface area contributed by atoms with Crippen molar-refractivity contribution in [2.24, 2.45) is 0 Å². The lowest BCUT2D eigenvalue weighted by Gasteiger charge is -2.09. The summed E-state index contributed by atoms with van der Waals surface area (Å²) in [7, 11) is -9.22. The Labute approximate surface area is 141 Å². The molecule has 2 atom stereocenters. The smallest absolute Gasteiger partial charge is 0.308 e. The van der Waals surface area contributed by atoms with Crippen molar-refractivity contribution in [3.63, 3.8) is 0 Å². The van der Waals surface area contributed by atoms with Gasteiger partial charge in [0.1, 0.15) is 22.7 Å². The van der Waals surface area contributed by atoms with Gasteiger partial charge in [-0.15, -0.1) is 0 Å². The average molecular weight is 414 g/mol. The van der Waals surface area contributed by atoms with E-state index in [2.05, 4.69) is 7.26 Å². The molecule has 0 amide bonds. The topological polar surface area (TPSA) is 167 Å². The van der Waals surface area contributed by atoms with Gasteiger partial charge in [-0.2, -0.15) is 24.1 Å². The first kappa shape index (κ1) is 19.1. The largest absolute Gasteiger partial charge is 0.749 e. The summed E-state index contributed by atoms with van der Waals surface area (Å²) in [4.78, 5) is -1.08. The van der Waals surface area contributed by atoms with Gasteiger partial charge in [0.15, 0.2) is 0 Å². The van der Waals surface area contributed by atoms with Gasteiger partial charge < -0.3 is 9.11 Å². The zero-order valence-electron chi connectivity index (χ0n) is 11.2. The second-order valence-electron chi connectivity index (χ2n) is 4.12. The molecule has 2 aromatic carbocycles. The van der Waals surface area contributed by atoms with Crippen LogP contribution in [0.2, 0.25) is 0 Å². The van der Waals surface area contributed by atoms with Crippen molar-refractivity contribution in [1.29, 1.82) is 0 Å². The van der Waals surface area contributed by atoms with E-state index in [4.69, 9.17) is 0 Å². The van der Waals surface area contributed by atoms with Crippen molar-refractivity contribution in [2.45, 2.75) is 9.79 Å². The Morgan fingerprint density at radius 3 is 1.42 bits per heavy atom. The van der Waals surface area contributed by atoms with Crippen molar-refractivity contribution in [2.75, 3.05) is 0 Å². The lowest BCUT2D eigenvalue weighted by atomic mass is 10.1. The van der Waals surface area contributed by atoms with E-state index in [1.165, 1.54) is 12.1 Å². The Morgan fingerprint density at radius 2 is 1.08 bits per heavy atom. The summed E-state index contributed by atoms with van der Waals surface area (Å²) >= 11 is -6.63. The van der Waals surface area contributed by atoms with Gasteiger partial charge in [-0.05, 0) is 35.0 Å². The van der Waals surface area contributed by atoms with Crippen LogP contribution in [0.3, 0.4) is 0 Å². The number of hydrogen-bond donors (Lipinski definition) is 0. The van der Waals surface area contributed by atoms with Crippen LogP contribution in [0.1, 0.15) is 0 Å². The molecular formula is C10H6O10S4-2. The molecular weight excluding hydrogens is 408 g/mol. The molecule has 0 saturated heterocycles. The fraction of sp³-hybridized carbons (Fsp3) is 0. The minimum Gasteiger partial charge on any atom is -0.749 e. The Morgan fingerprint density at radius 1 is 0.708 bits per heavy atom. The quantitative estimate of drug-likeness (QED) is 0.579. The predicted molar refractivity (Wildman–Crippen MR) is 78.3 cm³/mol. The molecule has 0 aliphatic heterocycles. The van der Waals surface area contributed by atoms with Gasteiger partial charge in [0.2, 0.25) is 0 Å². The molecule has 0 N–H and O–H groups in total. The highest BCUT2D eigenvalue weighted by molar-refractivity contribution is 7.95. The minimum atomic E-state index is -4.61. The van der Waals surface area contributed by atoms with E-state index in [0.29, 0.717) is 5.39 Å². The molecule has 0 bridgehead atoms. The first-order chi connectivity index (χ1) is 11.0. The van der Waals surface area contributed by atoms with Crippen molar-refractivity contribution >= 4 is 53.7 Å². The van der Waals surface area contributed by atoms with Crippen molar-refractivity contribution in [3.05, 3.63) is 36.4 Å². The lowest BCUT2D eigenvalue weighted by Crippen LogP contribution is -2.09. The standard InChI is InChI=1S/C10H8O10S4/c11-21(12)19-23(15,16)9-3-1-7-2-4-10(6-8(7)5-9)24(17,18)20-22(13)14/h1-6H,(H,11,12)(H,13,14)/p-2. The monoisotopic (exact) mass is 414 g/mol. The molecule has 0 fully saturated rings. The molecule has 2 aromatic rings. The SMILES string of the molecule is O=S([O-])OS(=O)(=O)c1ccc2ccc(S(=O)(=O)OS(=O)[O-])cc2c1. The molecule has 0 radical (unpaired) electrons. The molecule has 14 heteroatoms. The molecule has 2 unspecified atom stereocenters. The summed E-state index contributed by atoms with van der Waals surface area (Å²) in [5.41, 5.74) is 0. The number of hydrogen-bond acceptors (Lipinski definition) is 10. The Hall–Kier alpha value is -1.26. The van der Waals surface area contributed by atoms with Crippen LogP contribution in [-0.2, 0) is 50.2 Å². The summed E-state index contributed by atoms with van der Waals surface area (Å²) < 4.78 is 95.8. The average Bonchev–Trinajstić information content (AvgIpc) is 2.43. The van der Waals surface area contributed by atoms with Gasteiger partial charge in [0.05, 0.1) is 9.79 Å². The van der Waals surface area contributed by atoms with Crippen molar-refractivity contribution in [1.82, 2.24) is 0 Å². The van der Waals surface area contributed by atoms with Gasteiger partial charge in [-0.25, -0.2) is 8.42 Å². The zero-order chi connectivity index (χ0) is 18.1. The third-order valence-electron chi connectivity index (χ3n) is 2.65. The van der Waals surface area contributed by atoms with Gasteiger partial charge in [0, 0.05) is 0 Å². The van der Waals surface area contributed by atoms with Gasteiger partial charge >= 0.3 is 20.2 Å². The van der Waals surface area contributed by atoms with Crippen LogP contribution in [0.5, 0.6) is 0 Å². The Balaban J connectivity index is 2.56.